The lowest BCUT2D eigenvalue weighted by Gasteiger charge is -2.34. The third-order valence-electron chi connectivity index (χ3n) is 5.76. The average Bonchev–Trinajstić information content (AvgIpc) is 2.74. The Morgan fingerprint density at radius 2 is 1.54 bits per heavy atom. The van der Waals surface area contributed by atoms with E-state index in [-0.39, 0.29) is 11.8 Å². The minimum atomic E-state index is 0.114. The van der Waals surface area contributed by atoms with Gasteiger partial charge in [-0.2, -0.15) is 0 Å². The van der Waals surface area contributed by atoms with Crippen LogP contribution in [0.1, 0.15) is 42.9 Å². The number of nitrogens with zero attached hydrogens (tertiary/aromatic N) is 2. The monoisotopic (exact) mass is 379 g/mol. The highest BCUT2D eigenvalue weighted by Gasteiger charge is 2.17. The van der Waals surface area contributed by atoms with Crippen molar-refractivity contribution in [3.05, 3.63) is 71.3 Å². The number of hydrogen-bond acceptors (Lipinski definition) is 3. The molecule has 28 heavy (non-hydrogen) atoms. The van der Waals surface area contributed by atoms with Crippen molar-refractivity contribution >= 4 is 5.91 Å². The zero-order valence-electron chi connectivity index (χ0n) is 17.2. The molecule has 4 nitrogen and oxygen atoms in total. The maximum atomic E-state index is 12.4. The van der Waals surface area contributed by atoms with Gasteiger partial charge in [0.25, 0.3) is 0 Å². The number of carbonyl (C=O) groups excluding carboxylic acids is 1. The molecule has 0 aromatic heterocycles. The van der Waals surface area contributed by atoms with Gasteiger partial charge in [0.1, 0.15) is 0 Å². The van der Waals surface area contributed by atoms with Crippen molar-refractivity contribution in [2.24, 2.45) is 0 Å². The van der Waals surface area contributed by atoms with Crippen molar-refractivity contribution in [1.29, 1.82) is 0 Å². The van der Waals surface area contributed by atoms with Crippen LogP contribution < -0.4 is 5.32 Å². The second-order valence-corrected chi connectivity index (χ2v) is 7.77. The molecule has 2 aromatic carbocycles. The van der Waals surface area contributed by atoms with E-state index >= 15 is 0 Å². The second kappa shape index (κ2) is 10.4. The third-order valence-corrected chi connectivity index (χ3v) is 5.76. The van der Waals surface area contributed by atoms with Gasteiger partial charge in [0, 0.05) is 45.7 Å². The summed E-state index contributed by atoms with van der Waals surface area (Å²) >= 11 is 0. The molecule has 1 saturated heterocycles. The number of hydrogen-bond donors (Lipinski definition) is 1. The van der Waals surface area contributed by atoms with Crippen LogP contribution in [0.5, 0.6) is 0 Å². The Morgan fingerprint density at radius 1 is 0.929 bits per heavy atom. The van der Waals surface area contributed by atoms with Crippen LogP contribution in [0.3, 0.4) is 0 Å². The van der Waals surface area contributed by atoms with E-state index < -0.39 is 0 Å². The van der Waals surface area contributed by atoms with Crippen molar-refractivity contribution in [1.82, 2.24) is 15.1 Å². The smallest absolute Gasteiger partial charge is 0.220 e. The maximum absolute atomic E-state index is 12.4. The molecule has 1 amide bonds. The fourth-order valence-electron chi connectivity index (χ4n) is 3.83. The Labute approximate surface area is 169 Å². The maximum Gasteiger partial charge on any atom is 0.220 e. The van der Waals surface area contributed by atoms with Crippen LogP contribution in [-0.4, -0.2) is 48.4 Å². The van der Waals surface area contributed by atoms with E-state index in [0.717, 1.165) is 39.3 Å². The average molecular weight is 380 g/mol. The minimum Gasteiger partial charge on any atom is -0.352 e. The molecule has 150 valence electrons. The molecule has 1 fully saturated rings. The quantitative estimate of drug-likeness (QED) is 0.761. The number of likely N-dealkylation sites (N-methyl/N-ethyl adjacent to an activating group) is 1. The predicted molar refractivity (Wildman–Crippen MR) is 115 cm³/mol. The highest BCUT2D eigenvalue weighted by Crippen LogP contribution is 2.18. The number of nitrogens with one attached hydrogen (secondary N) is 1. The number of piperazine rings is 1. The molecule has 1 unspecified atom stereocenters. The van der Waals surface area contributed by atoms with E-state index in [2.05, 4.69) is 65.4 Å². The van der Waals surface area contributed by atoms with Crippen molar-refractivity contribution in [3.63, 3.8) is 0 Å². The molecular weight excluding hydrogens is 346 g/mol. The van der Waals surface area contributed by atoms with Crippen LogP contribution in [-0.2, 0) is 17.9 Å². The van der Waals surface area contributed by atoms with Crippen LogP contribution in [0.15, 0.2) is 54.6 Å². The van der Waals surface area contributed by atoms with Crippen LogP contribution in [0.4, 0.5) is 0 Å². The van der Waals surface area contributed by atoms with Gasteiger partial charge in [-0.15, -0.1) is 0 Å². The fourth-order valence-corrected chi connectivity index (χ4v) is 3.83. The van der Waals surface area contributed by atoms with Gasteiger partial charge in [0.15, 0.2) is 0 Å². The van der Waals surface area contributed by atoms with Gasteiger partial charge in [0.2, 0.25) is 5.91 Å². The molecule has 4 heteroatoms. The fraction of sp³-hybridized carbons (Fsp3) is 0.458. The summed E-state index contributed by atoms with van der Waals surface area (Å²) in [7, 11) is 0. The third kappa shape index (κ3) is 5.91. The Bertz CT molecular complexity index is 739. The van der Waals surface area contributed by atoms with Crippen LogP contribution >= 0.6 is 0 Å². The molecule has 1 N–H and O–H groups in total. The topological polar surface area (TPSA) is 35.6 Å². The van der Waals surface area contributed by atoms with Crippen LogP contribution in [0, 0.1) is 0 Å². The number of amides is 1. The van der Waals surface area contributed by atoms with E-state index in [4.69, 9.17) is 0 Å². The van der Waals surface area contributed by atoms with E-state index in [1.807, 2.05) is 18.2 Å². The van der Waals surface area contributed by atoms with Gasteiger partial charge in [-0.25, -0.2) is 0 Å². The van der Waals surface area contributed by atoms with Gasteiger partial charge >= 0.3 is 0 Å². The van der Waals surface area contributed by atoms with Gasteiger partial charge in [-0.3, -0.25) is 9.69 Å². The van der Waals surface area contributed by atoms with Crippen molar-refractivity contribution in [2.45, 2.75) is 39.3 Å². The normalized spacial score (nSPS) is 16.6. The van der Waals surface area contributed by atoms with E-state index in [0.29, 0.717) is 13.0 Å². The first-order chi connectivity index (χ1) is 13.7. The Morgan fingerprint density at radius 3 is 2.21 bits per heavy atom. The van der Waals surface area contributed by atoms with Crippen LogP contribution in [0.25, 0.3) is 0 Å². The first kappa shape index (κ1) is 20.6. The molecular formula is C24H33N3O. The first-order valence-corrected chi connectivity index (χ1v) is 10.5. The summed E-state index contributed by atoms with van der Waals surface area (Å²) in [6.07, 6.45) is 0.519. The molecule has 1 aliphatic rings. The van der Waals surface area contributed by atoms with Gasteiger partial charge in [-0.1, -0.05) is 68.4 Å². The lowest BCUT2D eigenvalue weighted by atomic mass is 9.97. The highest BCUT2D eigenvalue weighted by molar-refractivity contribution is 5.76. The first-order valence-electron chi connectivity index (χ1n) is 10.5. The van der Waals surface area contributed by atoms with Gasteiger partial charge in [0.05, 0.1) is 0 Å². The summed E-state index contributed by atoms with van der Waals surface area (Å²) in [6, 6.07) is 18.7. The number of rotatable bonds is 8. The molecule has 0 radical (unpaired) electrons. The van der Waals surface area contributed by atoms with E-state index in [1.165, 1.54) is 16.7 Å². The van der Waals surface area contributed by atoms with E-state index in [9.17, 15) is 4.79 Å². The molecule has 0 spiro atoms. The summed E-state index contributed by atoms with van der Waals surface area (Å²) in [5.41, 5.74) is 3.76. The number of carbonyl (C=O) groups is 1. The second-order valence-electron chi connectivity index (χ2n) is 7.77. The number of benzene rings is 2. The summed E-state index contributed by atoms with van der Waals surface area (Å²) < 4.78 is 0. The van der Waals surface area contributed by atoms with E-state index in [1.54, 1.807) is 0 Å². The molecule has 1 heterocycles. The molecule has 1 aliphatic heterocycles. The van der Waals surface area contributed by atoms with Crippen molar-refractivity contribution in [2.75, 3.05) is 32.7 Å². The molecule has 0 bridgehead atoms. The molecule has 3 rings (SSSR count). The van der Waals surface area contributed by atoms with Crippen LogP contribution in [0.2, 0.25) is 0 Å². The highest BCUT2D eigenvalue weighted by atomic mass is 16.1. The van der Waals surface area contributed by atoms with Crippen molar-refractivity contribution < 1.29 is 4.79 Å². The summed E-state index contributed by atoms with van der Waals surface area (Å²) in [5, 5.41) is 3.13. The Kier molecular flexibility index (Phi) is 7.63. The molecule has 0 saturated carbocycles. The summed E-state index contributed by atoms with van der Waals surface area (Å²) in [6.45, 7) is 11.6. The molecule has 1 atom stereocenters. The van der Waals surface area contributed by atoms with Gasteiger partial charge < -0.3 is 10.2 Å². The standard InChI is InChI=1S/C24H33N3O/c1-3-26-13-15-27(16-14-26)19-23-12-8-7-11-22(23)18-25-24(28)17-20(2)21-9-5-4-6-10-21/h4-12,20H,3,13-19H2,1-2H3,(H,25,28). The Balaban J connectivity index is 1.51. The van der Waals surface area contributed by atoms with Gasteiger partial charge in [-0.05, 0) is 29.2 Å². The zero-order chi connectivity index (χ0) is 19.8. The Hall–Kier alpha value is -2.17. The minimum absolute atomic E-state index is 0.114. The molecule has 0 aliphatic carbocycles. The SMILES string of the molecule is CCN1CCN(Cc2ccccc2CNC(=O)CC(C)c2ccccc2)CC1. The predicted octanol–water partition coefficient (Wildman–Crippen LogP) is 3.63. The lowest BCUT2D eigenvalue weighted by molar-refractivity contribution is -0.121. The zero-order valence-corrected chi connectivity index (χ0v) is 17.2. The largest absolute Gasteiger partial charge is 0.352 e. The summed E-state index contributed by atoms with van der Waals surface area (Å²) in [4.78, 5) is 17.5. The lowest BCUT2D eigenvalue weighted by Crippen LogP contribution is -2.45. The molecule has 2 aromatic rings. The van der Waals surface area contributed by atoms with Crippen molar-refractivity contribution in [3.8, 4) is 0 Å². The summed E-state index contributed by atoms with van der Waals surface area (Å²) in [5.74, 6) is 0.342.